The Morgan fingerprint density at radius 1 is 0.839 bits per heavy atom. The lowest BCUT2D eigenvalue weighted by Gasteiger charge is -2.38. The molecule has 0 unspecified atom stereocenters. The van der Waals surface area contributed by atoms with Crippen LogP contribution in [0.3, 0.4) is 0 Å². The molecule has 166 valence electrons. The van der Waals surface area contributed by atoms with Crippen molar-refractivity contribution in [1.29, 1.82) is 0 Å². The molecule has 0 aromatic heterocycles. The van der Waals surface area contributed by atoms with Gasteiger partial charge in [0.2, 0.25) is 0 Å². The highest BCUT2D eigenvalue weighted by Gasteiger charge is 2.27. The smallest absolute Gasteiger partial charge is 0.277 e. The SMILES string of the molecule is COc1ccc(N2CCN(C(=O)C[NH+]3CCN(c4ccccc4OC)CC3)CC2)cc1. The van der Waals surface area contributed by atoms with Gasteiger partial charge in [-0.25, -0.2) is 0 Å². The minimum Gasteiger partial charge on any atom is -0.497 e. The van der Waals surface area contributed by atoms with Gasteiger partial charge in [-0.3, -0.25) is 4.79 Å². The molecule has 2 saturated heterocycles. The molecule has 7 nitrogen and oxygen atoms in total. The number of methoxy groups -OCH3 is 2. The van der Waals surface area contributed by atoms with E-state index in [1.54, 1.807) is 14.2 Å². The number of nitrogens with one attached hydrogen (secondary N) is 1. The maximum absolute atomic E-state index is 12.9. The van der Waals surface area contributed by atoms with E-state index >= 15 is 0 Å². The number of carbonyl (C=O) groups is 1. The number of ether oxygens (including phenoxy) is 2. The van der Waals surface area contributed by atoms with Gasteiger partial charge >= 0.3 is 0 Å². The van der Waals surface area contributed by atoms with Crippen LogP contribution < -0.4 is 24.2 Å². The molecule has 4 rings (SSSR count). The molecule has 1 amide bonds. The zero-order chi connectivity index (χ0) is 21.6. The van der Waals surface area contributed by atoms with Gasteiger partial charge in [-0.05, 0) is 36.4 Å². The molecule has 0 atom stereocenters. The average Bonchev–Trinajstić information content (AvgIpc) is 2.84. The number of benzene rings is 2. The number of hydrogen-bond donors (Lipinski definition) is 1. The first-order valence-corrected chi connectivity index (χ1v) is 11.1. The van der Waals surface area contributed by atoms with Crippen molar-refractivity contribution < 1.29 is 19.2 Å². The van der Waals surface area contributed by atoms with E-state index in [0.29, 0.717) is 6.54 Å². The Morgan fingerprint density at radius 3 is 2.16 bits per heavy atom. The van der Waals surface area contributed by atoms with Gasteiger partial charge < -0.3 is 29.1 Å². The molecule has 0 radical (unpaired) electrons. The highest BCUT2D eigenvalue weighted by Crippen LogP contribution is 2.27. The van der Waals surface area contributed by atoms with Crippen molar-refractivity contribution in [2.75, 3.05) is 82.9 Å². The van der Waals surface area contributed by atoms with Crippen LogP contribution in [0, 0.1) is 0 Å². The second kappa shape index (κ2) is 9.92. The lowest BCUT2D eigenvalue weighted by molar-refractivity contribution is -0.892. The fourth-order valence-corrected chi connectivity index (χ4v) is 4.46. The highest BCUT2D eigenvalue weighted by molar-refractivity contribution is 5.77. The quantitative estimate of drug-likeness (QED) is 0.741. The molecule has 7 heteroatoms. The predicted molar refractivity (Wildman–Crippen MR) is 123 cm³/mol. The average molecular weight is 426 g/mol. The monoisotopic (exact) mass is 425 g/mol. The molecule has 0 aliphatic carbocycles. The van der Waals surface area contributed by atoms with E-state index in [-0.39, 0.29) is 5.91 Å². The van der Waals surface area contributed by atoms with Crippen LogP contribution in [0.2, 0.25) is 0 Å². The minimum atomic E-state index is 0.273. The van der Waals surface area contributed by atoms with Gasteiger partial charge in [-0.2, -0.15) is 0 Å². The Morgan fingerprint density at radius 2 is 1.52 bits per heavy atom. The van der Waals surface area contributed by atoms with Crippen molar-refractivity contribution in [3.63, 3.8) is 0 Å². The third-order valence-electron chi connectivity index (χ3n) is 6.37. The van der Waals surface area contributed by atoms with Crippen LogP contribution in [0.25, 0.3) is 0 Å². The standard InChI is InChI=1S/C24H32N4O3/c1-30-21-9-7-20(8-10-21)26-15-17-28(18-16-26)24(29)19-25-11-13-27(14-12-25)22-5-3-4-6-23(22)31-2/h3-10H,11-19H2,1-2H3/p+1. The lowest BCUT2D eigenvalue weighted by Crippen LogP contribution is -3.16. The van der Waals surface area contributed by atoms with Crippen molar-refractivity contribution in [3.05, 3.63) is 48.5 Å². The Labute approximate surface area is 184 Å². The molecule has 1 N–H and O–H groups in total. The molecule has 0 saturated carbocycles. The van der Waals surface area contributed by atoms with Crippen molar-refractivity contribution in [2.24, 2.45) is 0 Å². The molecule has 2 aliphatic heterocycles. The largest absolute Gasteiger partial charge is 0.497 e. The summed E-state index contributed by atoms with van der Waals surface area (Å²) in [6.07, 6.45) is 0. The predicted octanol–water partition coefficient (Wildman–Crippen LogP) is 0.758. The summed E-state index contributed by atoms with van der Waals surface area (Å²) in [5.41, 5.74) is 2.33. The first-order chi connectivity index (χ1) is 15.2. The molecule has 2 aromatic rings. The molecule has 2 aromatic carbocycles. The number of anilines is 2. The minimum absolute atomic E-state index is 0.273. The Kier molecular flexibility index (Phi) is 6.82. The summed E-state index contributed by atoms with van der Waals surface area (Å²) in [6, 6.07) is 16.3. The van der Waals surface area contributed by atoms with E-state index < -0.39 is 0 Å². The fourth-order valence-electron chi connectivity index (χ4n) is 4.46. The first-order valence-electron chi connectivity index (χ1n) is 11.1. The highest BCUT2D eigenvalue weighted by atomic mass is 16.5. The summed E-state index contributed by atoms with van der Waals surface area (Å²) >= 11 is 0. The van der Waals surface area contributed by atoms with Crippen LogP contribution in [-0.2, 0) is 4.79 Å². The Bertz CT molecular complexity index is 857. The maximum atomic E-state index is 12.9. The number of piperazine rings is 2. The maximum Gasteiger partial charge on any atom is 0.277 e. The number of carbonyl (C=O) groups excluding carboxylic acids is 1. The number of nitrogens with zero attached hydrogens (tertiary/aromatic N) is 3. The number of para-hydroxylation sites is 2. The summed E-state index contributed by atoms with van der Waals surface area (Å²) < 4.78 is 10.7. The summed E-state index contributed by atoms with van der Waals surface area (Å²) in [4.78, 5) is 21.0. The topological polar surface area (TPSA) is 49.7 Å². The van der Waals surface area contributed by atoms with Crippen LogP contribution in [0.4, 0.5) is 11.4 Å². The molecule has 0 spiro atoms. The molecule has 0 bridgehead atoms. The number of hydrogen-bond acceptors (Lipinski definition) is 5. The van der Waals surface area contributed by atoms with E-state index in [1.165, 1.54) is 10.6 Å². The summed E-state index contributed by atoms with van der Waals surface area (Å²) in [6.45, 7) is 7.71. The molecule has 2 heterocycles. The van der Waals surface area contributed by atoms with Gasteiger partial charge in [-0.15, -0.1) is 0 Å². The first kappa shape index (κ1) is 21.3. The second-order valence-electron chi connectivity index (χ2n) is 8.15. The van der Waals surface area contributed by atoms with Gasteiger partial charge in [0.05, 0.1) is 46.1 Å². The van der Waals surface area contributed by atoms with Crippen LogP contribution in [0.15, 0.2) is 48.5 Å². The summed E-state index contributed by atoms with van der Waals surface area (Å²) in [5, 5.41) is 0. The molecule has 2 aliphatic rings. The van der Waals surface area contributed by atoms with Gasteiger partial charge in [0.1, 0.15) is 11.5 Å². The van der Waals surface area contributed by atoms with Crippen LogP contribution >= 0.6 is 0 Å². The zero-order valence-electron chi connectivity index (χ0n) is 18.5. The second-order valence-corrected chi connectivity index (χ2v) is 8.15. The number of rotatable bonds is 6. The van der Waals surface area contributed by atoms with E-state index in [2.05, 4.69) is 28.0 Å². The molecule has 2 fully saturated rings. The fraction of sp³-hybridized carbons (Fsp3) is 0.458. The lowest BCUT2D eigenvalue weighted by atomic mass is 10.2. The van der Waals surface area contributed by atoms with Crippen molar-refractivity contribution >= 4 is 17.3 Å². The normalized spacial score (nSPS) is 17.5. The van der Waals surface area contributed by atoms with Gasteiger partial charge in [0, 0.05) is 31.9 Å². The van der Waals surface area contributed by atoms with Gasteiger partial charge in [0.25, 0.3) is 5.91 Å². The van der Waals surface area contributed by atoms with Crippen LogP contribution in [-0.4, -0.2) is 83.9 Å². The van der Waals surface area contributed by atoms with Crippen molar-refractivity contribution in [1.82, 2.24) is 4.90 Å². The van der Waals surface area contributed by atoms with Crippen LogP contribution in [0.5, 0.6) is 11.5 Å². The van der Waals surface area contributed by atoms with E-state index in [9.17, 15) is 4.79 Å². The van der Waals surface area contributed by atoms with Crippen LogP contribution in [0.1, 0.15) is 0 Å². The Balaban J connectivity index is 1.23. The molecule has 31 heavy (non-hydrogen) atoms. The zero-order valence-corrected chi connectivity index (χ0v) is 18.5. The van der Waals surface area contributed by atoms with E-state index in [0.717, 1.165) is 69.5 Å². The van der Waals surface area contributed by atoms with E-state index in [1.807, 2.05) is 35.2 Å². The van der Waals surface area contributed by atoms with Gasteiger partial charge in [0.15, 0.2) is 6.54 Å². The molecular weight excluding hydrogens is 392 g/mol. The van der Waals surface area contributed by atoms with Crippen molar-refractivity contribution in [3.8, 4) is 11.5 Å². The summed E-state index contributed by atoms with van der Waals surface area (Å²) in [7, 11) is 3.40. The summed E-state index contributed by atoms with van der Waals surface area (Å²) in [5.74, 6) is 2.05. The Hall–Kier alpha value is -2.93. The van der Waals surface area contributed by atoms with Gasteiger partial charge in [-0.1, -0.05) is 12.1 Å². The number of quaternary nitrogens is 1. The van der Waals surface area contributed by atoms with E-state index in [4.69, 9.17) is 9.47 Å². The number of amides is 1. The third kappa shape index (κ3) is 5.05. The molecular formula is C24H33N4O3+. The van der Waals surface area contributed by atoms with Crippen molar-refractivity contribution in [2.45, 2.75) is 0 Å². The third-order valence-corrected chi connectivity index (χ3v) is 6.37.